The first kappa shape index (κ1) is 16.2. The van der Waals surface area contributed by atoms with E-state index in [4.69, 9.17) is 9.47 Å². The minimum atomic E-state index is -0.510. The van der Waals surface area contributed by atoms with Crippen LogP contribution in [-0.4, -0.2) is 38.8 Å². The molecule has 24 heavy (non-hydrogen) atoms. The standard InChI is InChI=1S/C19H22N2O3/c1-14-7-9-15(10-8-14)23-12-11-21-13-18(19(22)20-2)24-17-6-4-3-5-16(17)21/h3-10,18H,11-13H2,1-2H3,(H,20,22). The van der Waals surface area contributed by atoms with Gasteiger partial charge in [0.05, 0.1) is 18.8 Å². The fraction of sp³-hybridized carbons (Fsp3) is 0.316. The second-order valence-electron chi connectivity index (χ2n) is 5.80. The minimum absolute atomic E-state index is 0.117. The molecule has 2 aromatic carbocycles. The number of hydrogen-bond acceptors (Lipinski definition) is 4. The second kappa shape index (κ2) is 7.25. The third-order valence-electron chi connectivity index (χ3n) is 4.05. The number of likely N-dealkylation sites (N-methyl/N-ethyl adjacent to an activating group) is 1. The highest BCUT2D eigenvalue weighted by molar-refractivity contribution is 5.83. The van der Waals surface area contributed by atoms with Crippen LogP contribution in [0.3, 0.4) is 0 Å². The lowest BCUT2D eigenvalue weighted by atomic mass is 10.2. The molecule has 0 fully saturated rings. The van der Waals surface area contributed by atoms with Gasteiger partial charge in [-0.05, 0) is 31.2 Å². The summed E-state index contributed by atoms with van der Waals surface area (Å²) in [5, 5.41) is 2.65. The maximum absolute atomic E-state index is 12.0. The number of aryl methyl sites for hydroxylation is 1. The molecule has 1 atom stereocenters. The quantitative estimate of drug-likeness (QED) is 0.917. The number of benzene rings is 2. The summed E-state index contributed by atoms with van der Waals surface area (Å²) in [6.07, 6.45) is -0.510. The Balaban J connectivity index is 1.66. The summed E-state index contributed by atoms with van der Waals surface area (Å²) in [4.78, 5) is 14.1. The van der Waals surface area contributed by atoms with E-state index in [0.29, 0.717) is 19.7 Å². The third kappa shape index (κ3) is 3.62. The minimum Gasteiger partial charge on any atom is -0.492 e. The van der Waals surface area contributed by atoms with Crippen LogP contribution in [0.4, 0.5) is 5.69 Å². The Morgan fingerprint density at radius 3 is 2.75 bits per heavy atom. The van der Waals surface area contributed by atoms with Gasteiger partial charge in [0, 0.05) is 7.05 Å². The van der Waals surface area contributed by atoms with E-state index < -0.39 is 6.10 Å². The number of nitrogens with one attached hydrogen (secondary N) is 1. The fourth-order valence-corrected chi connectivity index (χ4v) is 2.72. The largest absolute Gasteiger partial charge is 0.492 e. The number of rotatable bonds is 5. The number of hydrogen-bond donors (Lipinski definition) is 1. The number of fused-ring (bicyclic) bond motifs is 1. The normalized spacial score (nSPS) is 16.1. The molecule has 0 aliphatic carbocycles. The van der Waals surface area contributed by atoms with Gasteiger partial charge in [0.25, 0.3) is 5.91 Å². The molecule has 1 N–H and O–H groups in total. The molecule has 1 amide bonds. The van der Waals surface area contributed by atoms with Crippen LogP contribution in [0.15, 0.2) is 48.5 Å². The summed E-state index contributed by atoms with van der Waals surface area (Å²) >= 11 is 0. The summed E-state index contributed by atoms with van der Waals surface area (Å²) in [5.74, 6) is 1.46. The molecule has 0 saturated heterocycles. The molecule has 5 nitrogen and oxygen atoms in total. The van der Waals surface area contributed by atoms with Crippen molar-refractivity contribution in [1.29, 1.82) is 0 Å². The zero-order valence-corrected chi connectivity index (χ0v) is 14.0. The van der Waals surface area contributed by atoms with Gasteiger partial charge in [-0.2, -0.15) is 0 Å². The molecule has 3 rings (SSSR count). The molecule has 1 aliphatic rings. The number of ether oxygens (including phenoxy) is 2. The van der Waals surface area contributed by atoms with Crippen molar-refractivity contribution in [2.75, 3.05) is 31.6 Å². The molecule has 0 radical (unpaired) electrons. The van der Waals surface area contributed by atoms with Crippen molar-refractivity contribution in [2.45, 2.75) is 13.0 Å². The average molecular weight is 326 g/mol. The van der Waals surface area contributed by atoms with Crippen molar-refractivity contribution < 1.29 is 14.3 Å². The first-order chi connectivity index (χ1) is 11.7. The SMILES string of the molecule is CNC(=O)C1CN(CCOc2ccc(C)cc2)c2ccccc2O1. The van der Waals surface area contributed by atoms with Gasteiger partial charge < -0.3 is 19.7 Å². The Bertz CT molecular complexity index is 700. The predicted molar refractivity (Wildman–Crippen MR) is 93.8 cm³/mol. The van der Waals surface area contributed by atoms with Crippen LogP contribution < -0.4 is 19.7 Å². The van der Waals surface area contributed by atoms with Gasteiger partial charge in [-0.15, -0.1) is 0 Å². The smallest absolute Gasteiger partial charge is 0.262 e. The van der Waals surface area contributed by atoms with E-state index in [1.807, 2.05) is 55.5 Å². The number of carbonyl (C=O) groups is 1. The summed E-state index contributed by atoms with van der Waals surface area (Å²) in [5.41, 5.74) is 2.20. The van der Waals surface area contributed by atoms with E-state index in [9.17, 15) is 4.79 Å². The van der Waals surface area contributed by atoms with Gasteiger partial charge in [0.2, 0.25) is 0 Å². The highest BCUT2D eigenvalue weighted by Crippen LogP contribution is 2.32. The zero-order valence-electron chi connectivity index (χ0n) is 14.0. The molecule has 1 heterocycles. The second-order valence-corrected chi connectivity index (χ2v) is 5.80. The van der Waals surface area contributed by atoms with Crippen LogP contribution in [0.1, 0.15) is 5.56 Å². The first-order valence-electron chi connectivity index (χ1n) is 8.09. The van der Waals surface area contributed by atoms with Gasteiger partial charge in [0.15, 0.2) is 6.10 Å². The summed E-state index contributed by atoms with van der Waals surface area (Å²) in [7, 11) is 1.62. The van der Waals surface area contributed by atoms with Crippen molar-refractivity contribution in [3.63, 3.8) is 0 Å². The maximum Gasteiger partial charge on any atom is 0.262 e. The van der Waals surface area contributed by atoms with Crippen LogP contribution in [-0.2, 0) is 4.79 Å². The van der Waals surface area contributed by atoms with E-state index in [2.05, 4.69) is 10.2 Å². The molecule has 0 bridgehead atoms. The van der Waals surface area contributed by atoms with Crippen LogP contribution in [0, 0.1) is 6.92 Å². The van der Waals surface area contributed by atoms with Gasteiger partial charge in [-0.25, -0.2) is 0 Å². The lowest BCUT2D eigenvalue weighted by molar-refractivity contribution is -0.127. The van der Waals surface area contributed by atoms with Crippen LogP contribution in [0.2, 0.25) is 0 Å². The van der Waals surface area contributed by atoms with Gasteiger partial charge in [0.1, 0.15) is 18.1 Å². The van der Waals surface area contributed by atoms with E-state index in [1.54, 1.807) is 7.05 Å². The number of carbonyl (C=O) groups excluding carboxylic acids is 1. The molecule has 2 aromatic rings. The molecule has 1 unspecified atom stereocenters. The lowest BCUT2D eigenvalue weighted by Gasteiger charge is -2.35. The number of nitrogens with zero attached hydrogens (tertiary/aromatic N) is 1. The number of para-hydroxylation sites is 2. The molecule has 0 saturated carbocycles. The maximum atomic E-state index is 12.0. The van der Waals surface area contributed by atoms with Gasteiger partial charge in [-0.1, -0.05) is 29.8 Å². The Morgan fingerprint density at radius 1 is 1.25 bits per heavy atom. The summed E-state index contributed by atoms with van der Waals surface area (Å²) in [6, 6.07) is 15.8. The molecular weight excluding hydrogens is 304 g/mol. The first-order valence-corrected chi connectivity index (χ1v) is 8.09. The lowest BCUT2D eigenvalue weighted by Crippen LogP contribution is -2.49. The monoisotopic (exact) mass is 326 g/mol. The Labute approximate surface area is 142 Å². The summed E-state index contributed by atoms with van der Waals surface area (Å²) in [6.45, 7) is 3.78. The van der Waals surface area contributed by atoms with Gasteiger partial charge in [-0.3, -0.25) is 4.79 Å². The van der Waals surface area contributed by atoms with Gasteiger partial charge >= 0.3 is 0 Å². The Morgan fingerprint density at radius 2 is 2.00 bits per heavy atom. The van der Waals surface area contributed by atoms with E-state index in [0.717, 1.165) is 17.2 Å². The van der Waals surface area contributed by atoms with Crippen LogP contribution in [0.25, 0.3) is 0 Å². The molecular formula is C19H22N2O3. The highest BCUT2D eigenvalue weighted by atomic mass is 16.5. The molecule has 1 aliphatic heterocycles. The van der Waals surface area contributed by atoms with E-state index in [1.165, 1.54) is 5.56 Å². The molecule has 126 valence electrons. The molecule has 5 heteroatoms. The van der Waals surface area contributed by atoms with E-state index >= 15 is 0 Å². The van der Waals surface area contributed by atoms with Crippen LogP contribution >= 0.6 is 0 Å². The number of amides is 1. The zero-order chi connectivity index (χ0) is 16.9. The van der Waals surface area contributed by atoms with Crippen molar-refractivity contribution in [3.8, 4) is 11.5 Å². The Hall–Kier alpha value is -2.69. The van der Waals surface area contributed by atoms with Crippen molar-refractivity contribution in [3.05, 3.63) is 54.1 Å². The van der Waals surface area contributed by atoms with Crippen molar-refractivity contribution in [2.24, 2.45) is 0 Å². The Kier molecular flexibility index (Phi) is 4.89. The third-order valence-corrected chi connectivity index (χ3v) is 4.05. The molecule has 0 aromatic heterocycles. The summed E-state index contributed by atoms with van der Waals surface area (Å²) < 4.78 is 11.6. The van der Waals surface area contributed by atoms with Crippen molar-refractivity contribution >= 4 is 11.6 Å². The highest BCUT2D eigenvalue weighted by Gasteiger charge is 2.29. The molecule has 0 spiro atoms. The topological polar surface area (TPSA) is 50.8 Å². The predicted octanol–water partition coefficient (Wildman–Crippen LogP) is 2.39. The average Bonchev–Trinajstić information content (AvgIpc) is 2.62. The van der Waals surface area contributed by atoms with Crippen LogP contribution in [0.5, 0.6) is 11.5 Å². The van der Waals surface area contributed by atoms with E-state index in [-0.39, 0.29) is 5.91 Å². The fourth-order valence-electron chi connectivity index (χ4n) is 2.72. The number of anilines is 1. The van der Waals surface area contributed by atoms with Crippen molar-refractivity contribution in [1.82, 2.24) is 5.32 Å².